The minimum Gasteiger partial charge on any atom is -0.336 e. The molecule has 8 nitrogen and oxygen atoms in total. The Kier molecular flexibility index (Phi) is 4.44. The zero-order valence-corrected chi connectivity index (χ0v) is 13.9. The number of hydrogen-bond acceptors (Lipinski definition) is 5. The van der Waals surface area contributed by atoms with E-state index < -0.39 is 4.92 Å². The second-order valence-electron chi connectivity index (χ2n) is 5.46. The standard InChI is InChI=1S/C14H13Cl2N5O3/c15-10-5-9(21(23)24)6-11(16)13(10)20-4-2-12(18-20)14(22)19-3-1-8(17)7-19/h2,4-6,8H,1,3,7,17H2/t8-/m1/s1. The van der Waals surface area contributed by atoms with Gasteiger partial charge in [-0.15, -0.1) is 0 Å². The Morgan fingerprint density at radius 3 is 2.58 bits per heavy atom. The molecule has 0 unspecified atom stereocenters. The highest BCUT2D eigenvalue weighted by atomic mass is 35.5. The predicted octanol–water partition coefficient (Wildman–Crippen LogP) is 2.26. The van der Waals surface area contributed by atoms with Gasteiger partial charge in [0.25, 0.3) is 11.6 Å². The Bertz CT molecular complexity index is 799. The van der Waals surface area contributed by atoms with Crippen molar-refractivity contribution in [3.05, 3.63) is 50.2 Å². The summed E-state index contributed by atoms with van der Waals surface area (Å²) < 4.78 is 1.33. The van der Waals surface area contributed by atoms with Gasteiger partial charge in [-0.3, -0.25) is 14.9 Å². The highest BCUT2D eigenvalue weighted by Gasteiger charge is 2.26. The molecule has 126 valence electrons. The lowest BCUT2D eigenvalue weighted by Crippen LogP contribution is -2.32. The molecule has 0 spiro atoms. The Hall–Kier alpha value is -2.16. The van der Waals surface area contributed by atoms with E-state index in [4.69, 9.17) is 28.9 Å². The monoisotopic (exact) mass is 369 g/mol. The predicted molar refractivity (Wildman–Crippen MR) is 88.7 cm³/mol. The van der Waals surface area contributed by atoms with Gasteiger partial charge in [0.1, 0.15) is 5.69 Å². The summed E-state index contributed by atoms with van der Waals surface area (Å²) in [5, 5.41) is 15.2. The zero-order valence-electron chi connectivity index (χ0n) is 12.4. The summed E-state index contributed by atoms with van der Waals surface area (Å²) in [7, 11) is 0. The number of nitro benzene ring substituents is 1. The largest absolute Gasteiger partial charge is 0.336 e. The van der Waals surface area contributed by atoms with Gasteiger partial charge in [0.15, 0.2) is 5.69 Å². The maximum Gasteiger partial charge on any atom is 0.274 e. The summed E-state index contributed by atoms with van der Waals surface area (Å²) in [6.07, 6.45) is 2.29. The van der Waals surface area contributed by atoms with E-state index >= 15 is 0 Å². The van der Waals surface area contributed by atoms with Crippen LogP contribution < -0.4 is 5.73 Å². The van der Waals surface area contributed by atoms with E-state index in [2.05, 4.69) is 5.10 Å². The van der Waals surface area contributed by atoms with Gasteiger partial charge >= 0.3 is 0 Å². The van der Waals surface area contributed by atoms with Crippen molar-refractivity contribution in [1.29, 1.82) is 0 Å². The minimum atomic E-state index is -0.587. The van der Waals surface area contributed by atoms with Gasteiger partial charge in [-0.05, 0) is 12.5 Å². The molecule has 0 bridgehead atoms. The van der Waals surface area contributed by atoms with Crippen LogP contribution in [-0.2, 0) is 0 Å². The summed E-state index contributed by atoms with van der Waals surface area (Å²) in [5.41, 5.74) is 6.10. The van der Waals surface area contributed by atoms with Crippen LogP contribution in [0.4, 0.5) is 5.69 Å². The van der Waals surface area contributed by atoms with Crippen LogP contribution in [-0.4, -0.2) is 44.6 Å². The molecule has 1 aliphatic heterocycles. The number of carbonyl (C=O) groups is 1. The Balaban J connectivity index is 1.91. The number of likely N-dealkylation sites (tertiary alicyclic amines) is 1. The average molecular weight is 370 g/mol. The fourth-order valence-electron chi connectivity index (χ4n) is 2.57. The van der Waals surface area contributed by atoms with Crippen molar-refractivity contribution < 1.29 is 9.72 Å². The van der Waals surface area contributed by atoms with E-state index in [0.29, 0.717) is 13.1 Å². The van der Waals surface area contributed by atoms with Crippen LogP contribution in [0.25, 0.3) is 5.69 Å². The van der Waals surface area contributed by atoms with E-state index in [9.17, 15) is 14.9 Å². The van der Waals surface area contributed by atoms with Crippen molar-refractivity contribution >= 4 is 34.8 Å². The molecule has 1 saturated heterocycles. The van der Waals surface area contributed by atoms with Crippen LogP contribution in [0.2, 0.25) is 10.0 Å². The van der Waals surface area contributed by atoms with Gasteiger partial charge in [0.2, 0.25) is 0 Å². The fraction of sp³-hybridized carbons (Fsp3) is 0.286. The number of nitrogens with zero attached hydrogens (tertiary/aromatic N) is 4. The van der Waals surface area contributed by atoms with Crippen molar-refractivity contribution in [3.63, 3.8) is 0 Å². The number of nitrogens with two attached hydrogens (primary N) is 1. The summed E-state index contributed by atoms with van der Waals surface area (Å²) in [5.74, 6) is -0.226. The number of halogens is 2. The molecule has 2 heterocycles. The van der Waals surface area contributed by atoms with Gasteiger partial charge in [-0.1, -0.05) is 23.2 Å². The maximum atomic E-state index is 12.4. The van der Waals surface area contributed by atoms with E-state index in [1.165, 1.54) is 23.0 Å². The van der Waals surface area contributed by atoms with Crippen molar-refractivity contribution in [3.8, 4) is 5.69 Å². The van der Waals surface area contributed by atoms with Crippen LogP contribution in [0.15, 0.2) is 24.4 Å². The number of nitro groups is 1. The normalized spacial score (nSPS) is 17.3. The lowest BCUT2D eigenvalue weighted by Gasteiger charge is -2.13. The van der Waals surface area contributed by atoms with E-state index in [-0.39, 0.29) is 39.1 Å². The molecule has 1 aromatic carbocycles. The number of rotatable bonds is 3. The SMILES string of the molecule is N[C@@H]1CCN(C(=O)c2ccn(-c3c(Cl)cc([N+](=O)[O-])cc3Cl)n2)C1. The third kappa shape index (κ3) is 3.08. The molecule has 0 aliphatic carbocycles. The van der Waals surface area contributed by atoms with E-state index in [1.54, 1.807) is 11.0 Å². The molecule has 1 fully saturated rings. The fourth-order valence-corrected chi connectivity index (χ4v) is 3.22. The van der Waals surface area contributed by atoms with Crippen LogP contribution >= 0.6 is 23.2 Å². The lowest BCUT2D eigenvalue weighted by atomic mass is 10.3. The summed E-state index contributed by atoms with van der Waals surface area (Å²) in [4.78, 5) is 24.3. The first kappa shape index (κ1) is 16.7. The molecule has 3 rings (SSSR count). The van der Waals surface area contributed by atoms with Gasteiger partial charge in [0.05, 0.1) is 15.0 Å². The van der Waals surface area contributed by atoms with Crippen LogP contribution in [0.3, 0.4) is 0 Å². The molecule has 10 heteroatoms. The van der Waals surface area contributed by atoms with Crippen LogP contribution in [0.5, 0.6) is 0 Å². The van der Waals surface area contributed by atoms with Crippen molar-refractivity contribution in [2.24, 2.45) is 5.73 Å². The third-order valence-corrected chi connectivity index (χ3v) is 4.34. The van der Waals surface area contributed by atoms with Crippen LogP contribution in [0, 0.1) is 10.1 Å². The molecule has 24 heavy (non-hydrogen) atoms. The molecule has 0 saturated carbocycles. The first-order chi connectivity index (χ1) is 11.4. The Labute approximate surface area is 146 Å². The average Bonchev–Trinajstić information content (AvgIpc) is 3.15. The van der Waals surface area contributed by atoms with E-state index in [0.717, 1.165) is 6.42 Å². The maximum absolute atomic E-state index is 12.4. The first-order valence-electron chi connectivity index (χ1n) is 7.11. The Morgan fingerprint density at radius 2 is 2.04 bits per heavy atom. The van der Waals surface area contributed by atoms with Crippen molar-refractivity contribution in [2.45, 2.75) is 12.5 Å². The number of non-ortho nitro benzene ring substituents is 1. The summed E-state index contributed by atoms with van der Waals surface area (Å²) >= 11 is 12.2. The number of carbonyl (C=O) groups excluding carboxylic acids is 1. The van der Waals surface area contributed by atoms with Gasteiger partial charge in [-0.25, -0.2) is 4.68 Å². The number of aromatic nitrogens is 2. The molecule has 1 atom stereocenters. The van der Waals surface area contributed by atoms with Crippen molar-refractivity contribution in [1.82, 2.24) is 14.7 Å². The highest BCUT2D eigenvalue weighted by molar-refractivity contribution is 6.38. The minimum absolute atomic E-state index is 0.0189. The molecule has 2 aromatic rings. The molecule has 0 radical (unpaired) electrons. The molecule has 1 aliphatic rings. The highest BCUT2D eigenvalue weighted by Crippen LogP contribution is 2.33. The molecule has 1 amide bonds. The first-order valence-corrected chi connectivity index (χ1v) is 7.86. The molecular weight excluding hydrogens is 357 g/mol. The third-order valence-electron chi connectivity index (χ3n) is 3.76. The van der Waals surface area contributed by atoms with Gasteiger partial charge in [-0.2, -0.15) is 5.10 Å². The molecular formula is C14H13Cl2N5O3. The topological polar surface area (TPSA) is 107 Å². The molecule has 1 aromatic heterocycles. The van der Waals surface area contributed by atoms with E-state index in [1.807, 2.05) is 0 Å². The second-order valence-corrected chi connectivity index (χ2v) is 6.28. The summed E-state index contributed by atoms with van der Waals surface area (Å²) in [6, 6.07) is 3.89. The number of amides is 1. The quantitative estimate of drug-likeness (QED) is 0.659. The van der Waals surface area contributed by atoms with Gasteiger partial charge < -0.3 is 10.6 Å². The molecule has 2 N–H and O–H groups in total. The zero-order chi connectivity index (χ0) is 17.4. The van der Waals surface area contributed by atoms with Gasteiger partial charge in [0, 0.05) is 37.5 Å². The smallest absolute Gasteiger partial charge is 0.274 e. The van der Waals surface area contributed by atoms with Crippen LogP contribution in [0.1, 0.15) is 16.9 Å². The summed E-state index contributed by atoms with van der Waals surface area (Å²) in [6.45, 7) is 1.08. The number of benzene rings is 1. The second kappa shape index (κ2) is 6.39. The Morgan fingerprint density at radius 1 is 1.38 bits per heavy atom. The number of hydrogen-bond donors (Lipinski definition) is 1. The van der Waals surface area contributed by atoms with Crippen molar-refractivity contribution in [2.75, 3.05) is 13.1 Å². The lowest BCUT2D eigenvalue weighted by molar-refractivity contribution is -0.384.